The smallest absolute Gasteiger partial charge is 0.421 e. The number of benzene rings is 4. The second-order valence-electron chi connectivity index (χ2n) is 15.9. The van der Waals surface area contributed by atoms with Crippen LogP contribution in [0.3, 0.4) is 0 Å². The summed E-state index contributed by atoms with van der Waals surface area (Å²) >= 11 is 0. The van der Waals surface area contributed by atoms with Crippen LogP contribution >= 0.6 is 0 Å². The number of methoxy groups -OCH3 is 1. The number of cyclic esters (lactones) is 1. The van der Waals surface area contributed by atoms with Crippen molar-refractivity contribution in [1.29, 1.82) is 0 Å². The number of ether oxygens (including phenoxy) is 4. The van der Waals surface area contributed by atoms with E-state index in [0.717, 1.165) is 30.6 Å². The average Bonchev–Trinajstić information content (AvgIpc) is 3.61. The van der Waals surface area contributed by atoms with Crippen LogP contribution in [-0.4, -0.2) is 89.3 Å². The molecule has 3 N–H and O–H groups in total. The minimum atomic E-state index is -2.20. The Morgan fingerprint density at radius 2 is 1.51 bits per heavy atom. The zero-order valence-electron chi connectivity index (χ0n) is 33.8. The van der Waals surface area contributed by atoms with E-state index in [4.69, 9.17) is 18.9 Å². The molecule has 3 fully saturated rings. The Labute approximate surface area is 353 Å². The lowest BCUT2D eigenvalue weighted by Gasteiger charge is -2.46. The number of carbonyl (C=O) groups excluding carboxylic acids is 3. The van der Waals surface area contributed by atoms with Crippen LogP contribution in [0, 0.1) is 17.8 Å². The highest BCUT2D eigenvalue weighted by Gasteiger charge is 2.76. The van der Waals surface area contributed by atoms with Gasteiger partial charge in [-0.2, -0.15) is 0 Å². The molecule has 6 atom stereocenters. The van der Waals surface area contributed by atoms with Gasteiger partial charge in [-0.05, 0) is 78.3 Å². The van der Waals surface area contributed by atoms with Crippen LogP contribution in [0.5, 0.6) is 5.75 Å². The molecule has 1 saturated carbocycles. The van der Waals surface area contributed by atoms with Crippen molar-refractivity contribution in [2.75, 3.05) is 38.4 Å². The van der Waals surface area contributed by atoms with E-state index in [1.165, 1.54) is 13.2 Å². The number of amides is 2. The van der Waals surface area contributed by atoms with Gasteiger partial charge in [0.1, 0.15) is 48.0 Å². The highest BCUT2D eigenvalue weighted by Crippen LogP contribution is 2.66. The third-order valence-corrected chi connectivity index (χ3v) is 12.3. The van der Waals surface area contributed by atoms with Crippen molar-refractivity contribution in [2.45, 2.75) is 73.8 Å². The van der Waals surface area contributed by atoms with Crippen molar-refractivity contribution >= 4 is 29.6 Å². The van der Waals surface area contributed by atoms with Crippen molar-refractivity contribution in [1.82, 2.24) is 4.90 Å². The predicted molar refractivity (Wildman–Crippen MR) is 221 cm³/mol. The molecule has 4 aliphatic rings. The molecule has 4 aromatic carbocycles. The van der Waals surface area contributed by atoms with E-state index in [1.54, 1.807) is 41.3 Å². The molecular formula is C48H48N2O11. The Kier molecular flexibility index (Phi) is 12.0. The van der Waals surface area contributed by atoms with Gasteiger partial charge in [0.05, 0.1) is 31.0 Å². The van der Waals surface area contributed by atoms with Crippen LogP contribution in [0.25, 0.3) is 0 Å². The van der Waals surface area contributed by atoms with Crippen LogP contribution < -0.4 is 9.64 Å². The lowest BCUT2D eigenvalue weighted by Crippen LogP contribution is -2.53. The number of hydrogen-bond donors (Lipinski definition) is 3. The summed E-state index contributed by atoms with van der Waals surface area (Å²) < 4.78 is 22.9. The first kappa shape index (κ1) is 41.7. The maximum atomic E-state index is 15.9. The van der Waals surface area contributed by atoms with Crippen LogP contribution in [0.1, 0.15) is 84.5 Å². The molecule has 13 heteroatoms. The van der Waals surface area contributed by atoms with E-state index in [-0.39, 0.29) is 37.7 Å². The second-order valence-corrected chi connectivity index (χ2v) is 15.9. The average molecular weight is 829 g/mol. The van der Waals surface area contributed by atoms with Crippen molar-refractivity contribution in [2.24, 2.45) is 5.92 Å². The van der Waals surface area contributed by atoms with Gasteiger partial charge < -0.3 is 34.3 Å². The minimum absolute atomic E-state index is 0.0333. The summed E-state index contributed by atoms with van der Waals surface area (Å²) in [7, 11) is 1.44. The van der Waals surface area contributed by atoms with Gasteiger partial charge in [-0.3, -0.25) is 19.3 Å². The number of aliphatic carboxylic acids is 1. The molecule has 316 valence electrons. The lowest BCUT2D eigenvalue weighted by atomic mass is 9.65. The number of carboxylic acid groups (broad SMARTS) is 1. The van der Waals surface area contributed by atoms with Gasteiger partial charge in [-0.1, -0.05) is 97.5 Å². The molecule has 61 heavy (non-hydrogen) atoms. The normalized spacial score (nSPS) is 25.4. The molecule has 8 rings (SSSR count). The largest absolute Gasteiger partial charge is 0.491 e. The first-order valence-electron chi connectivity index (χ1n) is 20.7. The number of morpholine rings is 1. The summed E-state index contributed by atoms with van der Waals surface area (Å²) in [5, 5.41) is 32.7. The monoisotopic (exact) mass is 828 g/mol. The Bertz CT molecular complexity index is 2340. The van der Waals surface area contributed by atoms with Crippen molar-refractivity contribution in [3.63, 3.8) is 0 Å². The van der Waals surface area contributed by atoms with Crippen molar-refractivity contribution in [3.8, 4) is 17.6 Å². The SMILES string of the molecule is COCCOC(=O)N1C(=O)[C@@]2(c3cc(C#CC4(O)CCCCCC4)ccc31)[C@H](c1cccc(OCCO)c1)N1[C@H](c3ccccc3)[C@H](c3ccccc3)OC(=O)[C@H]1[C@@H]2C(=O)O. The van der Waals surface area contributed by atoms with Crippen LogP contribution in [0.2, 0.25) is 0 Å². The Balaban J connectivity index is 1.42. The fourth-order valence-corrected chi connectivity index (χ4v) is 9.79. The van der Waals surface area contributed by atoms with E-state index >= 15 is 4.79 Å². The zero-order chi connectivity index (χ0) is 42.7. The van der Waals surface area contributed by atoms with Crippen molar-refractivity contribution < 1.29 is 53.4 Å². The standard InChI is InChI=1S/C48H48N2O11/c1-58-27-28-60-46(56)49-37-20-19-31(21-24-47(57)22-10-2-3-11-23-47)29-36(37)48(45(49)55)38(43(52)53)40-44(54)61-41(33-15-8-5-9-16-33)39(32-13-6-4-7-14-32)50(40)42(48)34-17-12-18-35(30-34)59-26-25-51/h4-9,12-20,29-30,38-42,51,57H,2-3,10-11,22-23,25-28H2,1H3,(H,52,53)/t38-,39-,40-,41+,42+,48-/m1/s1. The first-order chi connectivity index (χ1) is 29.6. The molecule has 0 unspecified atom stereocenters. The molecule has 0 radical (unpaired) electrons. The van der Waals surface area contributed by atoms with Gasteiger partial charge in [0.15, 0.2) is 0 Å². The summed E-state index contributed by atoms with van der Waals surface area (Å²) in [5.41, 5.74) is -1.12. The molecule has 2 amide bonds. The highest BCUT2D eigenvalue weighted by atomic mass is 16.6. The second kappa shape index (κ2) is 17.5. The van der Waals surface area contributed by atoms with Gasteiger partial charge in [0.2, 0.25) is 5.91 Å². The molecule has 13 nitrogen and oxygen atoms in total. The van der Waals surface area contributed by atoms with E-state index in [1.807, 2.05) is 60.7 Å². The maximum Gasteiger partial charge on any atom is 0.421 e. The molecule has 0 aromatic heterocycles. The van der Waals surface area contributed by atoms with Gasteiger partial charge in [0.25, 0.3) is 0 Å². The molecule has 2 saturated heterocycles. The van der Waals surface area contributed by atoms with Gasteiger partial charge in [-0.15, -0.1) is 0 Å². The van der Waals surface area contributed by atoms with Gasteiger partial charge >= 0.3 is 18.0 Å². The molecule has 0 bridgehead atoms. The van der Waals surface area contributed by atoms with Gasteiger partial charge in [0, 0.05) is 12.7 Å². The first-order valence-corrected chi connectivity index (χ1v) is 20.7. The number of fused-ring (bicyclic) bond motifs is 3. The molecule has 3 aliphatic heterocycles. The lowest BCUT2D eigenvalue weighted by molar-refractivity contribution is -0.179. The van der Waals surface area contributed by atoms with Gasteiger partial charge in [-0.25, -0.2) is 9.69 Å². The number of hydrogen-bond acceptors (Lipinski definition) is 11. The summed E-state index contributed by atoms with van der Waals surface area (Å²) in [6.07, 6.45) is 2.59. The van der Waals surface area contributed by atoms with E-state index < -0.39 is 65.1 Å². The summed E-state index contributed by atoms with van der Waals surface area (Å²) in [6, 6.07) is 26.2. The quantitative estimate of drug-likeness (QED) is 0.0735. The predicted octanol–water partition coefficient (Wildman–Crippen LogP) is 6.03. The Morgan fingerprint density at radius 3 is 2.18 bits per heavy atom. The Morgan fingerprint density at radius 1 is 0.820 bits per heavy atom. The Hall–Kier alpha value is -6.04. The number of carboxylic acids is 1. The maximum absolute atomic E-state index is 15.9. The number of anilines is 1. The molecule has 1 aliphatic carbocycles. The summed E-state index contributed by atoms with van der Waals surface area (Å²) in [6.45, 7) is -0.491. The molecule has 4 aromatic rings. The number of nitrogens with zero attached hydrogens (tertiary/aromatic N) is 2. The van der Waals surface area contributed by atoms with E-state index in [2.05, 4.69) is 11.8 Å². The van der Waals surface area contributed by atoms with Crippen LogP contribution in [0.4, 0.5) is 10.5 Å². The fraction of sp³-hybridized carbons (Fsp3) is 0.375. The molecule has 3 heterocycles. The summed E-state index contributed by atoms with van der Waals surface area (Å²) in [5.74, 6) is 1.47. The molecule has 1 spiro atoms. The zero-order valence-corrected chi connectivity index (χ0v) is 33.8. The highest BCUT2D eigenvalue weighted by molar-refractivity contribution is 6.23. The third-order valence-electron chi connectivity index (χ3n) is 12.3. The fourth-order valence-electron chi connectivity index (χ4n) is 9.79. The van der Waals surface area contributed by atoms with E-state index in [0.29, 0.717) is 40.8 Å². The van der Waals surface area contributed by atoms with E-state index in [9.17, 15) is 29.7 Å². The third kappa shape index (κ3) is 7.54. The van der Waals surface area contributed by atoms with Crippen molar-refractivity contribution in [3.05, 3.63) is 131 Å². The number of esters is 1. The number of aliphatic hydroxyl groups excluding tert-OH is 1. The van der Waals surface area contributed by atoms with Crippen LogP contribution in [-0.2, 0) is 34.0 Å². The number of carbonyl (C=O) groups is 4. The number of aliphatic hydroxyl groups is 2. The topological polar surface area (TPSA) is 172 Å². The minimum Gasteiger partial charge on any atom is -0.491 e. The molecular weight excluding hydrogens is 781 g/mol. The number of imide groups is 1. The summed E-state index contributed by atoms with van der Waals surface area (Å²) in [4.78, 5) is 61.8. The number of rotatable bonds is 10. The van der Waals surface area contributed by atoms with Crippen LogP contribution in [0.15, 0.2) is 103 Å².